The van der Waals surface area contributed by atoms with Gasteiger partial charge in [-0.1, -0.05) is 119 Å². The Balaban J connectivity index is 1.44. The minimum absolute atomic E-state index is 0.0103. The quantitative estimate of drug-likeness (QED) is 0.219. The van der Waals surface area contributed by atoms with Gasteiger partial charge >= 0.3 is 0 Å². The third kappa shape index (κ3) is 6.59. The molecule has 0 unspecified atom stereocenters. The number of para-hydroxylation sites is 1. The Morgan fingerprint density at radius 1 is 0.825 bits per heavy atom. The van der Waals surface area contributed by atoms with E-state index in [4.69, 9.17) is 4.43 Å². The highest BCUT2D eigenvalue weighted by Crippen LogP contribution is 2.37. The molecule has 0 saturated heterocycles. The number of hydrogen-bond donors (Lipinski definition) is 0. The van der Waals surface area contributed by atoms with Crippen LogP contribution in [0.25, 0.3) is 5.69 Å². The van der Waals surface area contributed by atoms with Gasteiger partial charge < -0.3 is 4.43 Å². The van der Waals surface area contributed by atoms with Crippen LogP contribution in [0.2, 0.25) is 5.04 Å². The average molecular weight is 577 g/mol. The molecule has 7 nitrogen and oxygen atoms in total. The molecule has 0 aliphatic rings. The third-order valence-corrected chi connectivity index (χ3v) is 14.0. The van der Waals surface area contributed by atoms with Gasteiger partial charge in [-0.05, 0) is 62.6 Å². The zero-order valence-electron chi connectivity index (χ0n) is 24.1. The number of rotatable bonds is 12. The van der Waals surface area contributed by atoms with E-state index in [0.29, 0.717) is 18.7 Å². The molecule has 0 fully saturated rings. The first kappa shape index (κ1) is 29.8. The maximum Gasteiger partial charge on any atom is 0.272 e. The molecule has 0 saturated carbocycles. The molecule has 1 aromatic heterocycles. The SMILES string of the molecule is C[C@H](CO[Si](c1ccccc1)(c1ccccc1)C(C)(C)C)C[C@@H](C)CCS(=O)(=O)c1nnnn1-c1ccccc1. The van der Waals surface area contributed by atoms with Crippen molar-refractivity contribution in [3.05, 3.63) is 91.0 Å². The van der Waals surface area contributed by atoms with Gasteiger partial charge in [-0.2, -0.15) is 4.68 Å². The maximum atomic E-state index is 13.2. The molecule has 3 aromatic carbocycles. The lowest BCUT2D eigenvalue weighted by Gasteiger charge is -2.43. The van der Waals surface area contributed by atoms with E-state index < -0.39 is 18.2 Å². The second-order valence-electron chi connectivity index (χ2n) is 11.7. The van der Waals surface area contributed by atoms with Crippen LogP contribution in [0.15, 0.2) is 96.2 Å². The summed E-state index contributed by atoms with van der Waals surface area (Å²) in [5.41, 5.74) is 0.619. The van der Waals surface area contributed by atoms with Crippen LogP contribution >= 0.6 is 0 Å². The average Bonchev–Trinajstić information content (AvgIpc) is 3.45. The van der Waals surface area contributed by atoms with Gasteiger partial charge in [0.2, 0.25) is 9.84 Å². The lowest BCUT2D eigenvalue weighted by molar-refractivity contribution is 0.222. The lowest BCUT2D eigenvalue weighted by atomic mass is 9.96. The van der Waals surface area contributed by atoms with E-state index in [-0.39, 0.29) is 27.8 Å². The van der Waals surface area contributed by atoms with Crippen LogP contribution in [0.4, 0.5) is 0 Å². The summed E-state index contributed by atoms with van der Waals surface area (Å²) in [6, 6.07) is 30.3. The highest BCUT2D eigenvalue weighted by Gasteiger charge is 2.50. The van der Waals surface area contributed by atoms with Crippen LogP contribution in [0.5, 0.6) is 0 Å². The Bertz CT molecular complexity index is 1420. The number of benzene rings is 3. The monoisotopic (exact) mass is 576 g/mol. The molecule has 1 heterocycles. The fourth-order valence-electron chi connectivity index (χ4n) is 5.45. The fraction of sp³-hybridized carbons (Fsp3) is 0.387. The molecule has 0 N–H and O–H groups in total. The molecule has 4 rings (SSSR count). The summed E-state index contributed by atoms with van der Waals surface area (Å²) >= 11 is 0. The van der Waals surface area contributed by atoms with Crippen LogP contribution in [-0.2, 0) is 14.3 Å². The van der Waals surface area contributed by atoms with E-state index in [1.54, 1.807) is 12.1 Å². The van der Waals surface area contributed by atoms with Crippen molar-refractivity contribution >= 4 is 28.5 Å². The Kier molecular flexibility index (Phi) is 9.38. The molecule has 212 valence electrons. The van der Waals surface area contributed by atoms with Crippen molar-refractivity contribution in [2.24, 2.45) is 11.8 Å². The first-order valence-corrected chi connectivity index (χ1v) is 17.4. The second kappa shape index (κ2) is 12.6. The number of aromatic nitrogens is 4. The third-order valence-electron chi connectivity index (χ3n) is 7.41. The van der Waals surface area contributed by atoms with Crippen molar-refractivity contribution in [1.29, 1.82) is 0 Å². The number of tetrazole rings is 1. The Morgan fingerprint density at radius 3 is 1.88 bits per heavy atom. The molecule has 0 aliphatic heterocycles. The van der Waals surface area contributed by atoms with Crippen LogP contribution in [0.3, 0.4) is 0 Å². The van der Waals surface area contributed by atoms with Gasteiger partial charge in [0.1, 0.15) is 0 Å². The predicted octanol–water partition coefficient (Wildman–Crippen LogP) is 5.07. The summed E-state index contributed by atoms with van der Waals surface area (Å²) in [5, 5.41) is 13.7. The molecule has 4 aromatic rings. The number of hydrogen-bond acceptors (Lipinski definition) is 6. The molecule has 0 amide bonds. The first-order valence-electron chi connectivity index (χ1n) is 13.9. The fourth-order valence-corrected chi connectivity index (χ4v) is 11.6. The molecular formula is C31H40N4O3SSi. The summed E-state index contributed by atoms with van der Waals surface area (Å²) in [7, 11) is -6.26. The smallest absolute Gasteiger partial charge is 0.272 e. The van der Waals surface area contributed by atoms with Crippen molar-refractivity contribution < 1.29 is 12.8 Å². The van der Waals surface area contributed by atoms with E-state index in [9.17, 15) is 8.42 Å². The van der Waals surface area contributed by atoms with Crippen molar-refractivity contribution in [3.63, 3.8) is 0 Å². The minimum atomic E-state index is -3.65. The van der Waals surface area contributed by atoms with Gasteiger partial charge in [0.05, 0.1) is 11.4 Å². The second-order valence-corrected chi connectivity index (χ2v) is 18.0. The van der Waals surface area contributed by atoms with Crippen molar-refractivity contribution in [2.45, 2.75) is 57.7 Å². The van der Waals surface area contributed by atoms with Crippen molar-refractivity contribution in [3.8, 4) is 5.69 Å². The lowest BCUT2D eigenvalue weighted by Crippen LogP contribution is -2.66. The predicted molar refractivity (Wildman–Crippen MR) is 162 cm³/mol. The molecular weight excluding hydrogens is 537 g/mol. The summed E-state index contributed by atoms with van der Waals surface area (Å²) in [4.78, 5) is 0. The van der Waals surface area contributed by atoms with Crippen LogP contribution in [0.1, 0.15) is 47.5 Å². The van der Waals surface area contributed by atoms with E-state index in [2.05, 4.69) is 98.7 Å². The zero-order valence-corrected chi connectivity index (χ0v) is 25.9. The van der Waals surface area contributed by atoms with Crippen molar-refractivity contribution in [1.82, 2.24) is 20.2 Å². The highest BCUT2D eigenvalue weighted by molar-refractivity contribution is 7.91. The maximum absolute atomic E-state index is 13.2. The molecule has 0 radical (unpaired) electrons. The topological polar surface area (TPSA) is 87.0 Å². The number of nitrogens with zero attached hydrogens (tertiary/aromatic N) is 4. The van der Waals surface area contributed by atoms with Gasteiger partial charge in [-0.3, -0.25) is 0 Å². The van der Waals surface area contributed by atoms with Gasteiger partial charge in [0.25, 0.3) is 13.5 Å². The molecule has 0 aliphatic carbocycles. The van der Waals surface area contributed by atoms with Crippen LogP contribution < -0.4 is 10.4 Å². The Morgan fingerprint density at radius 2 is 1.35 bits per heavy atom. The standard InChI is InChI=1S/C31H40N4O3SSi/c1-25(21-22-39(36,37)30-32-33-34-35(30)27-15-9-6-10-16-27)23-26(2)24-38-40(31(3,4)5,28-17-11-7-12-18-28)29-19-13-8-14-20-29/h6-20,25-26H,21-24H2,1-5H3/t25-,26-/m0/s1. The number of sulfone groups is 1. The van der Waals surface area contributed by atoms with Crippen molar-refractivity contribution in [2.75, 3.05) is 12.4 Å². The Hall–Kier alpha value is -3.14. The normalized spacial score (nSPS) is 14.1. The summed E-state index contributed by atoms with van der Waals surface area (Å²) < 4.78 is 34.7. The van der Waals surface area contributed by atoms with Gasteiger partial charge in [0.15, 0.2) is 0 Å². The summed E-state index contributed by atoms with van der Waals surface area (Å²) in [6.45, 7) is 11.7. The molecule has 0 bridgehead atoms. The van der Waals surface area contributed by atoms with Gasteiger partial charge in [-0.15, -0.1) is 0 Å². The molecule has 9 heteroatoms. The zero-order chi connectivity index (χ0) is 28.8. The van der Waals surface area contributed by atoms with E-state index in [1.165, 1.54) is 15.1 Å². The Labute approximate surface area is 239 Å². The first-order chi connectivity index (χ1) is 19.0. The van der Waals surface area contributed by atoms with Gasteiger partial charge in [-0.25, -0.2) is 8.42 Å². The van der Waals surface area contributed by atoms with Crippen LogP contribution in [-0.4, -0.2) is 49.3 Å². The molecule has 2 atom stereocenters. The van der Waals surface area contributed by atoms with Gasteiger partial charge in [0, 0.05) is 6.61 Å². The summed E-state index contributed by atoms with van der Waals surface area (Å²) in [6.07, 6.45) is 1.38. The van der Waals surface area contributed by atoms with Crippen LogP contribution in [0, 0.1) is 11.8 Å². The highest BCUT2D eigenvalue weighted by atomic mass is 32.2. The molecule has 40 heavy (non-hydrogen) atoms. The molecule has 0 spiro atoms. The van der Waals surface area contributed by atoms with E-state index >= 15 is 0 Å². The minimum Gasteiger partial charge on any atom is -0.407 e. The van der Waals surface area contributed by atoms with E-state index in [0.717, 1.165) is 6.42 Å². The van der Waals surface area contributed by atoms with E-state index in [1.807, 2.05) is 30.3 Å². The summed E-state index contributed by atoms with van der Waals surface area (Å²) in [5.74, 6) is 0.437. The largest absolute Gasteiger partial charge is 0.407 e.